The smallest absolute Gasteiger partial charge is 0.228 e. The molecule has 1 spiro atoms. The van der Waals surface area contributed by atoms with Crippen LogP contribution in [-0.2, 0) is 9.59 Å². The minimum Gasteiger partial charge on any atom is -0.369 e. The van der Waals surface area contributed by atoms with Crippen molar-refractivity contribution in [1.29, 1.82) is 0 Å². The highest BCUT2D eigenvalue weighted by atomic mass is 35.5. The molecule has 0 saturated carbocycles. The number of rotatable bonds is 4. The van der Waals surface area contributed by atoms with Crippen LogP contribution in [0.1, 0.15) is 46.5 Å². The monoisotopic (exact) mass is 474 g/mol. The topological polar surface area (TPSA) is 47.1 Å². The summed E-state index contributed by atoms with van der Waals surface area (Å²) in [5.74, 6) is 0.491. The number of piperazine rings is 1. The molecule has 33 heavy (non-hydrogen) atoms. The van der Waals surface area contributed by atoms with E-state index in [4.69, 9.17) is 11.6 Å². The summed E-state index contributed by atoms with van der Waals surface area (Å²) in [7, 11) is 1.98. The molecule has 0 aromatic heterocycles. The lowest BCUT2D eigenvalue weighted by Gasteiger charge is -2.40. The normalized spacial score (nSPS) is 24.1. The Hall–Kier alpha value is -1.79. The summed E-state index contributed by atoms with van der Waals surface area (Å²) in [6, 6.07) is 8.39. The van der Waals surface area contributed by atoms with Gasteiger partial charge in [-0.1, -0.05) is 38.4 Å². The van der Waals surface area contributed by atoms with Crippen LogP contribution in [0.5, 0.6) is 0 Å². The maximum absolute atomic E-state index is 13.2. The van der Waals surface area contributed by atoms with E-state index >= 15 is 0 Å². The summed E-state index contributed by atoms with van der Waals surface area (Å²) < 4.78 is 0. The lowest BCUT2D eigenvalue weighted by molar-refractivity contribution is -0.146. The molecule has 1 atom stereocenters. The van der Waals surface area contributed by atoms with Crippen LogP contribution in [0.4, 0.5) is 5.69 Å². The molecule has 0 bridgehead atoms. The van der Waals surface area contributed by atoms with Crippen molar-refractivity contribution in [2.45, 2.75) is 52.5 Å². The summed E-state index contributed by atoms with van der Waals surface area (Å²) in [4.78, 5) is 34.8. The Bertz CT molecular complexity index is 867. The Balaban J connectivity index is 1.27. The van der Waals surface area contributed by atoms with Gasteiger partial charge in [-0.15, -0.1) is 0 Å². The van der Waals surface area contributed by atoms with Crippen LogP contribution in [0, 0.1) is 10.8 Å². The van der Waals surface area contributed by atoms with Crippen molar-refractivity contribution < 1.29 is 9.59 Å². The summed E-state index contributed by atoms with van der Waals surface area (Å²) in [6.07, 6.45) is 3.55. The van der Waals surface area contributed by atoms with E-state index in [-0.39, 0.29) is 16.7 Å². The van der Waals surface area contributed by atoms with Gasteiger partial charge in [-0.05, 0) is 43.9 Å². The summed E-state index contributed by atoms with van der Waals surface area (Å²) in [5, 5.41) is 0.784. The molecule has 0 radical (unpaired) electrons. The molecule has 0 aliphatic carbocycles. The number of hydrogen-bond acceptors (Lipinski definition) is 4. The third-order valence-corrected chi connectivity index (χ3v) is 8.16. The van der Waals surface area contributed by atoms with E-state index in [1.165, 1.54) is 5.69 Å². The average molecular weight is 475 g/mol. The van der Waals surface area contributed by atoms with Gasteiger partial charge < -0.3 is 14.7 Å². The van der Waals surface area contributed by atoms with Gasteiger partial charge in [0.2, 0.25) is 11.8 Å². The number of nitrogens with zero attached hydrogens (tertiary/aromatic N) is 4. The first-order valence-electron chi connectivity index (χ1n) is 12.4. The molecule has 0 N–H and O–H groups in total. The van der Waals surface area contributed by atoms with Gasteiger partial charge in [-0.3, -0.25) is 14.5 Å². The van der Waals surface area contributed by atoms with Crippen molar-refractivity contribution in [3.63, 3.8) is 0 Å². The first kappa shape index (κ1) is 24.3. The quantitative estimate of drug-likeness (QED) is 0.667. The summed E-state index contributed by atoms with van der Waals surface area (Å²) in [5.41, 5.74) is 0.571. The Morgan fingerprint density at radius 3 is 2.36 bits per heavy atom. The molecule has 3 aliphatic rings. The second kappa shape index (κ2) is 9.46. The Morgan fingerprint density at radius 2 is 1.76 bits per heavy atom. The number of anilines is 1. The first-order chi connectivity index (χ1) is 15.6. The standard InChI is InChI=1S/C26H39ClN4O2/c1-25(2,3)23(32)31-12-9-26(10-13-31)19-22(28(4)24(26)33)8-11-29-14-16-30(17-15-29)21-7-5-6-20(27)18-21/h5-7,18,22H,8-17,19H2,1-4H3. The third kappa shape index (κ3) is 5.17. The SMILES string of the molecule is CN1C(=O)C2(CCN(C(=O)C(C)(C)C)CC2)CC1CCN1CCN(c2cccc(Cl)c2)CC1. The molecular formula is C26H39ClN4O2. The van der Waals surface area contributed by atoms with Crippen molar-refractivity contribution in [2.75, 3.05) is 57.8 Å². The zero-order chi connectivity index (χ0) is 23.8. The Kier molecular flexibility index (Phi) is 6.97. The largest absolute Gasteiger partial charge is 0.369 e. The van der Waals surface area contributed by atoms with Crippen LogP contribution >= 0.6 is 11.6 Å². The average Bonchev–Trinajstić information content (AvgIpc) is 3.02. The summed E-state index contributed by atoms with van der Waals surface area (Å²) >= 11 is 6.16. The van der Waals surface area contributed by atoms with E-state index in [0.717, 1.165) is 63.4 Å². The number of carbonyl (C=O) groups excluding carboxylic acids is 2. The van der Waals surface area contributed by atoms with E-state index in [1.54, 1.807) is 0 Å². The second-order valence-corrected chi connectivity index (χ2v) is 11.6. The molecule has 6 nitrogen and oxygen atoms in total. The number of amides is 2. The first-order valence-corrected chi connectivity index (χ1v) is 12.8. The molecule has 182 valence electrons. The maximum Gasteiger partial charge on any atom is 0.228 e. The van der Waals surface area contributed by atoms with Crippen molar-refractivity contribution in [3.8, 4) is 0 Å². The molecular weight excluding hydrogens is 436 g/mol. The van der Waals surface area contributed by atoms with Crippen LogP contribution in [0.2, 0.25) is 5.02 Å². The van der Waals surface area contributed by atoms with Crippen LogP contribution in [0.3, 0.4) is 0 Å². The minimum atomic E-state index is -0.361. The van der Waals surface area contributed by atoms with Gasteiger partial charge in [0, 0.05) is 75.0 Å². The van der Waals surface area contributed by atoms with Gasteiger partial charge in [0.1, 0.15) is 0 Å². The molecule has 1 aromatic carbocycles. The molecule has 4 rings (SSSR count). The van der Waals surface area contributed by atoms with Gasteiger partial charge in [-0.2, -0.15) is 0 Å². The number of hydrogen-bond donors (Lipinski definition) is 0. The fraction of sp³-hybridized carbons (Fsp3) is 0.692. The molecule has 1 unspecified atom stereocenters. The maximum atomic E-state index is 13.2. The van der Waals surface area contributed by atoms with Crippen LogP contribution in [-0.4, -0.2) is 85.4 Å². The molecule has 7 heteroatoms. The highest BCUT2D eigenvalue weighted by molar-refractivity contribution is 6.30. The molecule has 3 aliphatic heterocycles. The number of carbonyl (C=O) groups is 2. The second-order valence-electron chi connectivity index (χ2n) is 11.2. The fourth-order valence-corrected chi connectivity index (χ4v) is 5.96. The lowest BCUT2D eigenvalue weighted by atomic mass is 9.75. The molecule has 3 saturated heterocycles. The van der Waals surface area contributed by atoms with Gasteiger partial charge >= 0.3 is 0 Å². The van der Waals surface area contributed by atoms with Crippen molar-refractivity contribution in [3.05, 3.63) is 29.3 Å². The van der Waals surface area contributed by atoms with Crippen molar-refractivity contribution in [2.24, 2.45) is 10.8 Å². The zero-order valence-corrected chi connectivity index (χ0v) is 21.4. The highest BCUT2D eigenvalue weighted by Crippen LogP contribution is 2.45. The van der Waals surface area contributed by atoms with E-state index in [9.17, 15) is 9.59 Å². The number of benzene rings is 1. The number of halogens is 1. The third-order valence-electron chi connectivity index (χ3n) is 7.92. The minimum absolute atomic E-state index is 0.199. The van der Waals surface area contributed by atoms with E-state index in [1.807, 2.05) is 55.8 Å². The predicted molar refractivity (Wildman–Crippen MR) is 134 cm³/mol. The van der Waals surface area contributed by atoms with Gasteiger partial charge in [0.15, 0.2) is 0 Å². The fourth-order valence-electron chi connectivity index (χ4n) is 5.78. The molecule has 2 amide bonds. The zero-order valence-electron chi connectivity index (χ0n) is 20.6. The van der Waals surface area contributed by atoms with Gasteiger partial charge in [0.05, 0.1) is 5.41 Å². The number of piperidine rings is 1. The molecule has 1 aromatic rings. The van der Waals surface area contributed by atoms with Crippen LogP contribution in [0.25, 0.3) is 0 Å². The van der Waals surface area contributed by atoms with E-state index in [0.29, 0.717) is 25.0 Å². The summed E-state index contributed by atoms with van der Waals surface area (Å²) in [6.45, 7) is 12.4. The van der Waals surface area contributed by atoms with Gasteiger partial charge in [0.25, 0.3) is 0 Å². The highest BCUT2D eigenvalue weighted by Gasteiger charge is 2.51. The van der Waals surface area contributed by atoms with E-state index in [2.05, 4.69) is 15.9 Å². The van der Waals surface area contributed by atoms with Crippen molar-refractivity contribution in [1.82, 2.24) is 14.7 Å². The predicted octanol–water partition coefficient (Wildman–Crippen LogP) is 3.74. The van der Waals surface area contributed by atoms with Crippen molar-refractivity contribution >= 4 is 29.1 Å². The van der Waals surface area contributed by atoms with Crippen LogP contribution < -0.4 is 4.90 Å². The molecule has 3 heterocycles. The Morgan fingerprint density at radius 1 is 1.09 bits per heavy atom. The molecule has 3 fully saturated rings. The van der Waals surface area contributed by atoms with E-state index < -0.39 is 0 Å². The Labute approximate surface area is 203 Å². The lowest BCUT2D eigenvalue weighted by Crippen LogP contribution is -2.49. The van der Waals surface area contributed by atoms with Crippen LogP contribution in [0.15, 0.2) is 24.3 Å². The number of likely N-dealkylation sites (tertiary alicyclic amines) is 2. The van der Waals surface area contributed by atoms with Gasteiger partial charge in [-0.25, -0.2) is 0 Å².